The molecule has 1 aliphatic heterocycles. The Labute approximate surface area is 150 Å². The Balaban J connectivity index is 1.67. The fourth-order valence-electron chi connectivity index (χ4n) is 3.15. The maximum atomic E-state index is 13.3. The molecule has 2 aromatic carbocycles. The van der Waals surface area contributed by atoms with Crippen molar-refractivity contribution in [1.29, 1.82) is 0 Å². The number of halogens is 2. The van der Waals surface area contributed by atoms with Gasteiger partial charge in [0, 0.05) is 23.3 Å². The van der Waals surface area contributed by atoms with Crippen molar-refractivity contribution in [3.8, 4) is 0 Å². The summed E-state index contributed by atoms with van der Waals surface area (Å²) in [5.41, 5.74) is 1.34. The second-order valence-electron chi connectivity index (χ2n) is 6.18. The standard InChI is InChI=1S/C19H18ClFN2O2/c1-12-7-17(19(25)23(12)16-5-3-2-4-6-16)18(24)22-11-13-8-14(20)10-15(21)9-13/h2-6,8-10,12,17H,7,11H2,1H3,(H,22,24). The molecule has 1 aliphatic rings. The highest BCUT2D eigenvalue weighted by molar-refractivity contribution is 6.30. The van der Waals surface area contributed by atoms with Gasteiger partial charge in [0.05, 0.1) is 0 Å². The molecule has 25 heavy (non-hydrogen) atoms. The highest BCUT2D eigenvalue weighted by Crippen LogP contribution is 2.30. The lowest BCUT2D eigenvalue weighted by Crippen LogP contribution is -2.37. The molecule has 4 nitrogen and oxygen atoms in total. The molecule has 1 N–H and O–H groups in total. The maximum absolute atomic E-state index is 13.3. The largest absolute Gasteiger partial charge is 0.351 e. The van der Waals surface area contributed by atoms with Gasteiger partial charge in [-0.15, -0.1) is 0 Å². The maximum Gasteiger partial charge on any atom is 0.239 e. The van der Waals surface area contributed by atoms with E-state index in [2.05, 4.69) is 5.32 Å². The molecule has 130 valence electrons. The number of benzene rings is 2. The van der Waals surface area contributed by atoms with Crippen molar-refractivity contribution in [2.24, 2.45) is 5.92 Å². The van der Waals surface area contributed by atoms with E-state index in [-0.39, 0.29) is 29.4 Å². The molecule has 2 atom stereocenters. The van der Waals surface area contributed by atoms with Crippen LogP contribution in [0.2, 0.25) is 5.02 Å². The summed E-state index contributed by atoms with van der Waals surface area (Å²) in [4.78, 5) is 26.8. The Morgan fingerprint density at radius 2 is 2.00 bits per heavy atom. The Morgan fingerprint density at radius 1 is 1.28 bits per heavy atom. The summed E-state index contributed by atoms with van der Waals surface area (Å²) >= 11 is 5.81. The quantitative estimate of drug-likeness (QED) is 0.848. The van der Waals surface area contributed by atoms with E-state index >= 15 is 0 Å². The summed E-state index contributed by atoms with van der Waals surface area (Å²) in [5, 5.41) is 2.98. The minimum atomic E-state index is -0.737. The molecule has 2 unspecified atom stereocenters. The molecule has 1 heterocycles. The third kappa shape index (κ3) is 3.82. The van der Waals surface area contributed by atoms with Crippen LogP contribution in [0.1, 0.15) is 18.9 Å². The zero-order valence-electron chi connectivity index (χ0n) is 13.7. The fourth-order valence-corrected chi connectivity index (χ4v) is 3.39. The fraction of sp³-hybridized carbons (Fsp3) is 0.263. The van der Waals surface area contributed by atoms with Gasteiger partial charge < -0.3 is 10.2 Å². The summed E-state index contributed by atoms with van der Waals surface area (Å²) in [5.74, 6) is -1.76. The first-order valence-electron chi connectivity index (χ1n) is 8.06. The number of amides is 2. The Morgan fingerprint density at radius 3 is 2.68 bits per heavy atom. The molecule has 1 saturated heterocycles. The number of para-hydroxylation sites is 1. The summed E-state index contributed by atoms with van der Waals surface area (Å²) in [6.45, 7) is 2.05. The molecule has 2 aromatic rings. The number of anilines is 1. The van der Waals surface area contributed by atoms with Crippen molar-refractivity contribution in [3.05, 3.63) is 64.9 Å². The van der Waals surface area contributed by atoms with E-state index in [1.165, 1.54) is 12.1 Å². The van der Waals surface area contributed by atoms with E-state index in [0.29, 0.717) is 12.0 Å². The van der Waals surface area contributed by atoms with E-state index in [1.54, 1.807) is 11.0 Å². The smallest absolute Gasteiger partial charge is 0.239 e. The SMILES string of the molecule is CC1CC(C(=O)NCc2cc(F)cc(Cl)c2)C(=O)N1c1ccccc1. The summed E-state index contributed by atoms with van der Waals surface area (Å²) in [6, 6.07) is 13.3. The van der Waals surface area contributed by atoms with Crippen LogP contribution in [0.4, 0.5) is 10.1 Å². The summed E-state index contributed by atoms with van der Waals surface area (Å²) in [6.07, 6.45) is 0.448. The third-order valence-electron chi connectivity index (χ3n) is 4.29. The van der Waals surface area contributed by atoms with Gasteiger partial charge in [0.15, 0.2) is 0 Å². The van der Waals surface area contributed by atoms with Crippen LogP contribution < -0.4 is 10.2 Å². The molecule has 3 rings (SSSR count). The number of nitrogens with one attached hydrogen (secondary N) is 1. The molecule has 0 radical (unpaired) electrons. The molecule has 2 amide bonds. The normalized spacial score (nSPS) is 20.0. The lowest BCUT2D eigenvalue weighted by atomic mass is 10.0. The van der Waals surface area contributed by atoms with Crippen LogP contribution in [0.5, 0.6) is 0 Å². The van der Waals surface area contributed by atoms with E-state index in [0.717, 1.165) is 5.69 Å². The number of nitrogens with zero attached hydrogens (tertiary/aromatic N) is 1. The molecule has 0 saturated carbocycles. The Hall–Kier alpha value is -2.40. The van der Waals surface area contributed by atoms with E-state index in [4.69, 9.17) is 11.6 Å². The van der Waals surface area contributed by atoms with Crippen molar-refractivity contribution in [2.75, 3.05) is 4.90 Å². The number of hydrogen-bond acceptors (Lipinski definition) is 2. The average Bonchev–Trinajstić information content (AvgIpc) is 2.87. The number of hydrogen-bond donors (Lipinski definition) is 1. The molecule has 0 aromatic heterocycles. The molecular formula is C19H18ClFN2O2. The summed E-state index contributed by atoms with van der Waals surface area (Å²) < 4.78 is 13.3. The van der Waals surface area contributed by atoms with Crippen LogP contribution in [0.15, 0.2) is 48.5 Å². The van der Waals surface area contributed by atoms with Crippen molar-refractivity contribution in [3.63, 3.8) is 0 Å². The molecule has 0 spiro atoms. The molecule has 0 bridgehead atoms. The Bertz CT molecular complexity index is 777. The number of rotatable bonds is 4. The topological polar surface area (TPSA) is 49.4 Å². The summed E-state index contributed by atoms with van der Waals surface area (Å²) in [7, 11) is 0. The van der Waals surface area contributed by atoms with Crippen LogP contribution in [-0.4, -0.2) is 17.9 Å². The van der Waals surface area contributed by atoms with Crippen molar-refractivity contribution in [2.45, 2.75) is 25.9 Å². The minimum Gasteiger partial charge on any atom is -0.351 e. The van der Waals surface area contributed by atoms with E-state index in [9.17, 15) is 14.0 Å². The predicted molar refractivity (Wildman–Crippen MR) is 94.8 cm³/mol. The highest BCUT2D eigenvalue weighted by atomic mass is 35.5. The van der Waals surface area contributed by atoms with Gasteiger partial charge in [-0.1, -0.05) is 29.8 Å². The first-order valence-corrected chi connectivity index (χ1v) is 8.44. The first kappa shape index (κ1) is 17.4. The van der Waals surface area contributed by atoms with Gasteiger partial charge >= 0.3 is 0 Å². The predicted octanol–water partition coefficient (Wildman–Crippen LogP) is 3.54. The van der Waals surface area contributed by atoms with Crippen LogP contribution >= 0.6 is 11.6 Å². The van der Waals surface area contributed by atoms with E-state index < -0.39 is 11.7 Å². The average molecular weight is 361 g/mol. The van der Waals surface area contributed by atoms with Crippen LogP contribution in [-0.2, 0) is 16.1 Å². The zero-order valence-corrected chi connectivity index (χ0v) is 14.5. The van der Waals surface area contributed by atoms with Crippen molar-refractivity contribution >= 4 is 29.1 Å². The van der Waals surface area contributed by atoms with Crippen LogP contribution in [0.25, 0.3) is 0 Å². The van der Waals surface area contributed by atoms with Gasteiger partial charge in [-0.3, -0.25) is 9.59 Å². The molecular weight excluding hydrogens is 343 g/mol. The van der Waals surface area contributed by atoms with Gasteiger partial charge in [-0.25, -0.2) is 4.39 Å². The van der Waals surface area contributed by atoms with Gasteiger partial charge in [0.2, 0.25) is 11.8 Å². The first-order chi connectivity index (χ1) is 12.0. The highest BCUT2D eigenvalue weighted by Gasteiger charge is 2.41. The van der Waals surface area contributed by atoms with E-state index in [1.807, 2.05) is 37.3 Å². The van der Waals surface area contributed by atoms with Crippen molar-refractivity contribution < 1.29 is 14.0 Å². The molecule has 1 fully saturated rings. The minimum absolute atomic E-state index is 0.0609. The second-order valence-corrected chi connectivity index (χ2v) is 6.61. The Kier molecular flexibility index (Phi) is 5.04. The number of carbonyl (C=O) groups excluding carboxylic acids is 2. The van der Waals surface area contributed by atoms with Crippen molar-refractivity contribution in [1.82, 2.24) is 5.32 Å². The van der Waals surface area contributed by atoms with Crippen LogP contribution in [0, 0.1) is 11.7 Å². The molecule has 6 heteroatoms. The lowest BCUT2D eigenvalue weighted by Gasteiger charge is -2.21. The van der Waals surface area contributed by atoms with Gasteiger partial charge in [0.25, 0.3) is 0 Å². The van der Waals surface area contributed by atoms with Gasteiger partial charge in [-0.05, 0) is 49.2 Å². The van der Waals surface area contributed by atoms with Gasteiger partial charge in [-0.2, -0.15) is 0 Å². The lowest BCUT2D eigenvalue weighted by molar-refractivity contribution is -0.132. The molecule has 0 aliphatic carbocycles. The number of carbonyl (C=O) groups is 2. The second kappa shape index (κ2) is 7.23. The third-order valence-corrected chi connectivity index (χ3v) is 4.51. The monoisotopic (exact) mass is 360 g/mol. The van der Waals surface area contributed by atoms with Gasteiger partial charge in [0.1, 0.15) is 11.7 Å². The zero-order chi connectivity index (χ0) is 18.0. The van der Waals surface area contributed by atoms with Crippen LogP contribution in [0.3, 0.4) is 0 Å².